The third kappa shape index (κ3) is 17.1. The van der Waals surface area contributed by atoms with Crippen molar-refractivity contribution in [3.63, 3.8) is 0 Å². The molecule has 0 fully saturated rings. The van der Waals surface area contributed by atoms with Gasteiger partial charge in [-0.1, -0.05) is 24.3 Å². The monoisotopic (exact) mass is 394 g/mol. The fourth-order valence-corrected chi connectivity index (χ4v) is 2.56. The molecule has 0 aromatic rings. The lowest BCUT2D eigenvalue weighted by Gasteiger charge is -2.24. The van der Waals surface area contributed by atoms with Crippen LogP contribution in [0, 0.1) is 0 Å². The van der Waals surface area contributed by atoms with Crippen LogP contribution in [0.15, 0.2) is 24.3 Å². The van der Waals surface area contributed by atoms with E-state index in [0.29, 0.717) is 25.0 Å². The highest BCUT2D eigenvalue weighted by Gasteiger charge is 2.16. The van der Waals surface area contributed by atoms with Crippen LogP contribution in [0.25, 0.3) is 0 Å². The molecule has 0 saturated carbocycles. The molecule has 0 bridgehead atoms. The number of halogens is 2. The summed E-state index contributed by atoms with van der Waals surface area (Å²) in [6, 6.07) is 0. The van der Waals surface area contributed by atoms with Crippen LogP contribution < -0.4 is 0 Å². The Balaban J connectivity index is 4.19. The van der Waals surface area contributed by atoms with Gasteiger partial charge in [0, 0.05) is 37.8 Å². The lowest BCUT2D eigenvalue weighted by molar-refractivity contribution is -0.246. The number of hydrogen-bond acceptors (Lipinski definition) is 3. The van der Waals surface area contributed by atoms with Crippen molar-refractivity contribution >= 4 is 23.2 Å². The van der Waals surface area contributed by atoms with Crippen molar-refractivity contribution in [2.45, 2.75) is 77.8 Å². The van der Waals surface area contributed by atoms with E-state index in [4.69, 9.17) is 37.4 Å². The minimum atomic E-state index is -0.223. The number of allylic oxidation sites excluding steroid dienone is 4. The van der Waals surface area contributed by atoms with E-state index in [1.54, 1.807) is 0 Å². The number of unbranched alkanes of at least 4 members (excludes halogenated alkanes) is 2. The summed E-state index contributed by atoms with van der Waals surface area (Å²) in [6.45, 7) is 5.25. The number of ether oxygens (including phenoxy) is 3. The SMILES string of the molecule is CCOC(CCC=CCCCCl)OC(CCC=CCCCCl)OCC. The highest BCUT2D eigenvalue weighted by molar-refractivity contribution is 6.18. The first kappa shape index (κ1) is 24.9. The van der Waals surface area contributed by atoms with Gasteiger partial charge >= 0.3 is 0 Å². The van der Waals surface area contributed by atoms with E-state index < -0.39 is 0 Å². The molecule has 2 atom stereocenters. The molecular formula is C20H36Cl2O3. The second kappa shape index (κ2) is 20.3. The van der Waals surface area contributed by atoms with Gasteiger partial charge in [-0.2, -0.15) is 0 Å². The summed E-state index contributed by atoms with van der Waals surface area (Å²) in [5.74, 6) is 1.43. The lowest BCUT2D eigenvalue weighted by Crippen LogP contribution is -2.27. The van der Waals surface area contributed by atoms with Crippen LogP contribution >= 0.6 is 23.2 Å². The number of rotatable bonds is 18. The molecule has 25 heavy (non-hydrogen) atoms. The highest BCUT2D eigenvalue weighted by Crippen LogP contribution is 2.14. The minimum absolute atomic E-state index is 0.223. The summed E-state index contributed by atoms with van der Waals surface area (Å²) < 4.78 is 17.5. The summed E-state index contributed by atoms with van der Waals surface area (Å²) in [5.41, 5.74) is 0. The Morgan fingerprint density at radius 1 is 0.680 bits per heavy atom. The molecule has 5 heteroatoms. The molecule has 0 rings (SSSR count). The summed E-state index contributed by atoms with van der Waals surface area (Å²) in [7, 11) is 0. The van der Waals surface area contributed by atoms with E-state index >= 15 is 0 Å². The van der Waals surface area contributed by atoms with E-state index in [-0.39, 0.29) is 12.6 Å². The maximum Gasteiger partial charge on any atom is 0.161 e. The van der Waals surface area contributed by atoms with Gasteiger partial charge in [0.15, 0.2) is 12.6 Å². The van der Waals surface area contributed by atoms with Crippen LogP contribution in [-0.4, -0.2) is 37.6 Å². The Hall–Kier alpha value is -0.0600. The second-order valence-electron chi connectivity index (χ2n) is 5.67. The standard InChI is InChI=1S/C20H36Cl2O3/c1-3-23-19(15-11-7-5-9-13-17-21)25-20(24-4-2)16-12-8-6-10-14-18-22/h5-8,19-20H,3-4,9-18H2,1-2H3. The van der Waals surface area contributed by atoms with Gasteiger partial charge in [0.1, 0.15) is 0 Å². The Kier molecular flexibility index (Phi) is 20.2. The average molecular weight is 395 g/mol. The minimum Gasteiger partial charge on any atom is -0.353 e. The summed E-state index contributed by atoms with van der Waals surface area (Å²) in [5, 5.41) is 0. The van der Waals surface area contributed by atoms with Gasteiger partial charge in [0.25, 0.3) is 0 Å². The fraction of sp³-hybridized carbons (Fsp3) is 0.800. The molecular weight excluding hydrogens is 359 g/mol. The molecule has 0 spiro atoms. The summed E-state index contributed by atoms with van der Waals surface area (Å²) >= 11 is 11.3. The zero-order chi connectivity index (χ0) is 18.6. The molecule has 0 N–H and O–H groups in total. The fourth-order valence-electron chi connectivity index (χ4n) is 2.25. The molecule has 0 aromatic heterocycles. The quantitative estimate of drug-likeness (QED) is 0.116. The molecule has 3 nitrogen and oxygen atoms in total. The first-order valence-corrected chi connectivity index (χ1v) is 10.7. The van der Waals surface area contributed by atoms with Gasteiger partial charge in [0.05, 0.1) is 0 Å². The van der Waals surface area contributed by atoms with Crippen molar-refractivity contribution in [1.82, 2.24) is 0 Å². The Bertz CT molecular complexity index is 292. The van der Waals surface area contributed by atoms with Gasteiger partial charge in [-0.05, 0) is 52.4 Å². The van der Waals surface area contributed by atoms with E-state index in [1.807, 2.05) is 13.8 Å². The van der Waals surface area contributed by atoms with E-state index in [0.717, 1.165) is 51.4 Å². The van der Waals surface area contributed by atoms with Crippen LogP contribution in [0.4, 0.5) is 0 Å². The van der Waals surface area contributed by atoms with Crippen molar-refractivity contribution in [1.29, 1.82) is 0 Å². The smallest absolute Gasteiger partial charge is 0.161 e. The topological polar surface area (TPSA) is 27.7 Å². The highest BCUT2D eigenvalue weighted by atomic mass is 35.5. The normalized spacial score (nSPS) is 14.6. The van der Waals surface area contributed by atoms with Crippen molar-refractivity contribution in [2.75, 3.05) is 25.0 Å². The van der Waals surface area contributed by atoms with Gasteiger partial charge in [-0.25, -0.2) is 0 Å². The van der Waals surface area contributed by atoms with Crippen molar-refractivity contribution < 1.29 is 14.2 Å². The van der Waals surface area contributed by atoms with Gasteiger partial charge in [0.2, 0.25) is 0 Å². The van der Waals surface area contributed by atoms with E-state index in [2.05, 4.69) is 24.3 Å². The van der Waals surface area contributed by atoms with Crippen molar-refractivity contribution in [3.8, 4) is 0 Å². The lowest BCUT2D eigenvalue weighted by atomic mass is 10.2. The summed E-state index contributed by atoms with van der Waals surface area (Å²) in [4.78, 5) is 0. The van der Waals surface area contributed by atoms with Crippen LogP contribution in [0.3, 0.4) is 0 Å². The molecule has 2 unspecified atom stereocenters. The predicted octanol–water partition coefficient (Wildman–Crippen LogP) is 6.44. The van der Waals surface area contributed by atoms with Crippen LogP contribution in [0.2, 0.25) is 0 Å². The first-order valence-electron chi connectivity index (χ1n) is 9.59. The van der Waals surface area contributed by atoms with Crippen molar-refractivity contribution in [2.24, 2.45) is 0 Å². The first-order chi connectivity index (χ1) is 12.3. The summed E-state index contributed by atoms with van der Waals surface area (Å²) in [6.07, 6.45) is 15.9. The Labute approximate surface area is 164 Å². The predicted molar refractivity (Wildman–Crippen MR) is 109 cm³/mol. The Morgan fingerprint density at radius 2 is 1.08 bits per heavy atom. The van der Waals surface area contributed by atoms with Crippen LogP contribution in [0.1, 0.15) is 65.2 Å². The zero-order valence-electron chi connectivity index (χ0n) is 15.9. The Morgan fingerprint density at radius 3 is 1.44 bits per heavy atom. The molecule has 0 radical (unpaired) electrons. The zero-order valence-corrected chi connectivity index (χ0v) is 17.4. The second-order valence-corrected chi connectivity index (χ2v) is 6.42. The molecule has 148 valence electrons. The van der Waals surface area contributed by atoms with Crippen LogP contribution in [-0.2, 0) is 14.2 Å². The van der Waals surface area contributed by atoms with Gasteiger partial charge in [-0.3, -0.25) is 0 Å². The molecule has 0 aliphatic carbocycles. The van der Waals surface area contributed by atoms with Crippen LogP contribution in [0.5, 0.6) is 0 Å². The molecule has 0 aliphatic heterocycles. The largest absolute Gasteiger partial charge is 0.353 e. The van der Waals surface area contributed by atoms with Gasteiger partial charge in [-0.15, -0.1) is 23.2 Å². The molecule has 0 heterocycles. The molecule has 0 saturated heterocycles. The maximum absolute atomic E-state index is 6.03. The van der Waals surface area contributed by atoms with E-state index in [1.165, 1.54) is 0 Å². The molecule has 0 aromatic carbocycles. The molecule has 0 aliphatic rings. The van der Waals surface area contributed by atoms with Gasteiger partial charge < -0.3 is 14.2 Å². The number of hydrogen-bond donors (Lipinski definition) is 0. The maximum atomic E-state index is 6.03. The van der Waals surface area contributed by atoms with E-state index in [9.17, 15) is 0 Å². The third-order valence-corrected chi connectivity index (χ3v) is 4.02. The number of alkyl halides is 2. The van der Waals surface area contributed by atoms with Crippen molar-refractivity contribution in [3.05, 3.63) is 24.3 Å². The third-order valence-electron chi connectivity index (χ3n) is 3.49. The molecule has 0 amide bonds. The average Bonchev–Trinajstić information content (AvgIpc) is 2.61.